The number of rotatable bonds is 5. The number of hydrogen-bond donors (Lipinski definition) is 2. The number of quaternary nitrogens is 1. The van der Waals surface area contributed by atoms with Gasteiger partial charge in [0.1, 0.15) is 11.9 Å². The van der Waals surface area contributed by atoms with Gasteiger partial charge in [-0.3, -0.25) is 14.7 Å². The van der Waals surface area contributed by atoms with Crippen LogP contribution < -0.4 is 22.6 Å². The molecule has 0 saturated heterocycles. The first-order chi connectivity index (χ1) is 14.4. The first-order valence-corrected chi connectivity index (χ1v) is 9.88. The summed E-state index contributed by atoms with van der Waals surface area (Å²) in [6, 6.07) is 13.3. The molecule has 4 rings (SSSR count). The van der Waals surface area contributed by atoms with Gasteiger partial charge in [-0.1, -0.05) is 18.2 Å². The third-order valence-electron chi connectivity index (χ3n) is 5.31. The third kappa shape index (κ3) is 3.98. The van der Waals surface area contributed by atoms with Crippen LogP contribution in [0, 0.1) is 17.1 Å². The van der Waals surface area contributed by atoms with E-state index in [4.69, 9.17) is 10.2 Å². The van der Waals surface area contributed by atoms with Crippen LogP contribution in [0.4, 0.5) is 10.1 Å². The van der Waals surface area contributed by atoms with Gasteiger partial charge in [0.2, 0.25) is 0 Å². The highest BCUT2D eigenvalue weighted by Crippen LogP contribution is 2.40. The van der Waals surface area contributed by atoms with Crippen molar-refractivity contribution in [3.05, 3.63) is 70.7 Å². The Bertz CT molecular complexity index is 1190. The lowest BCUT2D eigenvalue weighted by molar-refractivity contribution is -0.682. The van der Waals surface area contributed by atoms with E-state index in [0.717, 1.165) is 12.6 Å². The van der Waals surface area contributed by atoms with Gasteiger partial charge in [0.25, 0.3) is 5.91 Å². The van der Waals surface area contributed by atoms with Gasteiger partial charge in [0, 0.05) is 23.1 Å². The number of nitrogens with zero attached hydrogens (tertiary/aromatic N) is 3. The van der Waals surface area contributed by atoms with Gasteiger partial charge in [-0.15, -0.1) is 0 Å². The van der Waals surface area contributed by atoms with E-state index in [-0.39, 0.29) is 29.6 Å². The zero-order chi connectivity index (χ0) is 21.4. The summed E-state index contributed by atoms with van der Waals surface area (Å²) in [5, 5.41) is 23.1. The van der Waals surface area contributed by atoms with E-state index in [1.807, 2.05) is 24.3 Å². The fourth-order valence-electron chi connectivity index (χ4n) is 3.90. The summed E-state index contributed by atoms with van der Waals surface area (Å²) in [7, 11) is 0. The highest BCUT2D eigenvalue weighted by Gasteiger charge is 2.40. The molecule has 2 aromatic carbocycles. The number of nitrogens with two attached hydrogens (primary N) is 1. The number of hydrogen-bond acceptors (Lipinski definition) is 4. The van der Waals surface area contributed by atoms with E-state index in [1.165, 1.54) is 17.0 Å². The maximum atomic E-state index is 13.8. The molecule has 6 nitrogen and oxygen atoms in total. The average molecular weight is 441 g/mol. The molecule has 160 valence electrons. The Morgan fingerprint density at radius 3 is 2.74 bits per heavy atom. The molecule has 3 N–H and O–H groups in total. The van der Waals surface area contributed by atoms with Crippen molar-refractivity contribution in [2.45, 2.75) is 32.5 Å². The van der Waals surface area contributed by atoms with E-state index in [2.05, 4.69) is 19.2 Å². The molecule has 1 aliphatic rings. The van der Waals surface area contributed by atoms with Gasteiger partial charge in [-0.05, 0) is 38.1 Å². The molecule has 0 spiro atoms. The van der Waals surface area contributed by atoms with Crippen molar-refractivity contribution >= 4 is 22.5 Å². The fourth-order valence-corrected chi connectivity index (χ4v) is 3.90. The van der Waals surface area contributed by atoms with Crippen LogP contribution in [0.5, 0.6) is 0 Å². The topological polar surface area (TPSA) is 93.8 Å². The summed E-state index contributed by atoms with van der Waals surface area (Å²) in [6.45, 7) is 4.96. The van der Waals surface area contributed by atoms with Crippen molar-refractivity contribution in [2.24, 2.45) is 0 Å². The quantitative estimate of drug-likeness (QED) is 0.555. The lowest BCUT2D eigenvalue weighted by Gasteiger charge is -2.21. The monoisotopic (exact) mass is 440 g/mol. The van der Waals surface area contributed by atoms with Crippen LogP contribution >= 0.6 is 0 Å². The molecule has 31 heavy (non-hydrogen) atoms. The molecule has 1 atom stereocenters. The molecule has 0 bridgehead atoms. The molecule has 0 radical (unpaired) electrons. The minimum absolute atomic E-state index is 0. The summed E-state index contributed by atoms with van der Waals surface area (Å²) >= 11 is 0. The number of aromatic nitrogens is 1. The van der Waals surface area contributed by atoms with E-state index in [9.17, 15) is 14.3 Å². The maximum absolute atomic E-state index is 13.8. The number of para-hydroxylation sites is 1. The van der Waals surface area contributed by atoms with Gasteiger partial charge in [-0.2, -0.15) is 5.26 Å². The molecule has 8 heteroatoms. The van der Waals surface area contributed by atoms with Crippen LogP contribution in [0.15, 0.2) is 42.5 Å². The molecular formula is C23H22ClFN4O2. The number of pyridine rings is 1. The largest absolute Gasteiger partial charge is 1.00 e. The van der Waals surface area contributed by atoms with Gasteiger partial charge < -0.3 is 22.8 Å². The number of nitriles is 1. The van der Waals surface area contributed by atoms with Gasteiger partial charge in [-0.25, -0.2) is 4.39 Å². The summed E-state index contributed by atoms with van der Waals surface area (Å²) in [5.41, 5.74) is 2.35. The van der Waals surface area contributed by atoms with Crippen molar-refractivity contribution in [2.75, 3.05) is 11.4 Å². The van der Waals surface area contributed by atoms with Crippen molar-refractivity contribution in [3.63, 3.8) is 0 Å². The molecule has 1 aliphatic heterocycles. The number of aliphatic hydroxyl groups is 1. The van der Waals surface area contributed by atoms with Crippen molar-refractivity contribution < 1.29 is 32.0 Å². The second-order valence-corrected chi connectivity index (χ2v) is 7.71. The molecule has 0 aliphatic carbocycles. The first kappa shape index (κ1) is 22.6. The van der Waals surface area contributed by atoms with Crippen LogP contribution in [0.25, 0.3) is 10.9 Å². The Kier molecular flexibility index (Phi) is 6.56. The number of amides is 1. The molecule has 1 amide bonds. The van der Waals surface area contributed by atoms with E-state index in [0.29, 0.717) is 40.2 Å². The molecule has 1 unspecified atom stereocenters. The Labute approximate surface area is 185 Å². The van der Waals surface area contributed by atoms with Crippen LogP contribution in [-0.4, -0.2) is 28.6 Å². The number of anilines is 1. The van der Waals surface area contributed by atoms with Gasteiger partial charge >= 0.3 is 0 Å². The SMILES string of the molecule is CC(C)[NH2+]CCc1nc2ccccc2c2c1C(O)N(c1ccc(F)c(C#N)c1)C2=O.[Cl-]. The molecule has 3 aromatic rings. The predicted octanol–water partition coefficient (Wildman–Crippen LogP) is -0.585. The van der Waals surface area contributed by atoms with Crippen LogP contribution in [0.2, 0.25) is 0 Å². The fraction of sp³-hybridized carbons (Fsp3) is 0.261. The molecule has 2 heterocycles. The number of benzene rings is 2. The van der Waals surface area contributed by atoms with Crippen LogP contribution in [-0.2, 0) is 6.42 Å². The second-order valence-electron chi connectivity index (χ2n) is 7.71. The molecule has 0 saturated carbocycles. The predicted molar refractivity (Wildman–Crippen MR) is 110 cm³/mol. The maximum Gasteiger partial charge on any atom is 0.261 e. The van der Waals surface area contributed by atoms with Crippen molar-refractivity contribution in [1.82, 2.24) is 4.98 Å². The number of fused-ring (bicyclic) bond motifs is 3. The summed E-state index contributed by atoms with van der Waals surface area (Å²) < 4.78 is 13.8. The van der Waals surface area contributed by atoms with Crippen molar-refractivity contribution in [1.29, 1.82) is 5.26 Å². The van der Waals surface area contributed by atoms with Crippen LogP contribution in [0.3, 0.4) is 0 Å². The minimum atomic E-state index is -1.25. The minimum Gasteiger partial charge on any atom is -1.00 e. The number of aliphatic hydroxyl groups excluding tert-OH is 1. The van der Waals surface area contributed by atoms with Crippen molar-refractivity contribution in [3.8, 4) is 6.07 Å². The van der Waals surface area contributed by atoms with Gasteiger partial charge in [0.05, 0.1) is 34.9 Å². The Morgan fingerprint density at radius 1 is 1.29 bits per heavy atom. The third-order valence-corrected chi connectivity index (χ3v) is 5.31. The molecule has 0 fully saturated rings. The number of halogens is 2. The lowest BCUT2D eigenvalue weighted by atomic mass is 10.00. The Morgan fingerprint density at radius 2 is 2.03 bits per heavy atom. The summed E-state index contributed by atoms with van der Waals surface area (Å²) in [6.07, 6.45) is -0.660. The first-order valence-electron chi connectivity index (χ1n) is 9.88. The summed E-state index contributed by atoms with van der Waals surface area (Å²) in [5.74, 6) is -1.06. The van der Waals surface area contributed by atoms with E-state index in [1.54, 1.807) is 6.07 Å². The zero-order valence-electron chi connectivity index (χ0n) is 17.1. The second kappa shape index (κ2) is 8.98. The Balaban J connectivity index is 0.00000272. The smallest absolute Gasteiger partial charge is 0.261 e. The standard InChI is InChI=1S/C23H21FN4O2.ClH/c1-13(2)26-10-9-19-21-20(16-5-3-4-6-18(16)27-19)22(29)28(23(21)30)15-7-8-17(24)14(11-15)12-25;/h3-8,11,13,23,26,30H,9-10H2,1-2H3;1H. The van der Waals surface area contributed by atoms with E-state index < -0.39 is 12.0 Å². The highest BCUT2D eigenvalue weighted by molar-refractivity contribution is 6.18. The zero-order valence-corrected chi connectivity index (χ0v) is 17.9. The normalized spacial score (nSPS) is 15.2. The molecule has 1 aromatic heterocycles. The number of carbonyl (C=O) groups excluding carboxylic acids is 1. The van der Waals surface area contributed by atoms with Gasteiger partial charge in [0.15, 0.2) is 6.23 Å². The average Bonchev–Trinajstić information content (AvgIpc) is 2.99. The summed E-state index contributed by atoms with van der Waals surface area (Å²) in [4.78, 5) is 19.3. The van der Waals surface area contributed by atoms with Crippen LogP contribution in [0.1, 0.15) is 47.3 Å². The van der Waals surface area contributed by atoms with E-state index >= 15 is 0 Å². The number of carbonyl (C=O) groups is 1. The Hall–Kier alpha value is -3.05. The highest BCUT2D eigenvalue weighted by atomic mass is 35.5. The molecular weight excluding hydrogens is 419 g/mol. The lowest BCUT2D eigenvalue weighted by Crippen LogP contribution is -3.00.